The minimum absolute atomic E-state index is 0.910. The van der Waals surface area contributed by atoms with Crippen LogP contribution < -0.4 is 0 Å². The lowest BCUT2D eigenvalue weighted by molar-refractivity contribution is 1.18. The highest BCUT2D eigenvalue weighted by atomic mass is 14.7. The maximum Gasteiger partial charge on any atom is 0.0698 e. The fraction of sp³-hybridized carbons (Fsp3) is 0.308. The summed E-state index contributed by atoms with van der Waals surface area (Å²) in [5, 5.41) is 0. The van der Waals surface area contributed by atoms with E-state index in [1.165, 1.54) is 11.1 Å². The Morgan fingerprint density at radius 1 is 1.14 bits per heavy atom. The Hall–Kier alpha value is -1.37. The van der Waals surface area contributed by atoms with Gasteiger partial charge in [0.1, 0.15) is 0 Å². The van der Waals surface area contributed by atoms with Gasteiger partial charge in [-0.15, -0.1) is 0 Å². The summed E-state index contributed by atoms with van der Waals surface area (Å²) in [6, 6.07) is 0. The first-order valence-electron chi connectivity index (χ1n) is 4.91. The number of pyridine rings is 1. The van der Waals surface area contributed by atoms with Crippen LogP contribution in [-0.4, -0.2) is 4.98 Å². The average molecular weight is 189 g/mol. The Morgan fingerprint density at radius 3 is 2.14 bits per heavy atom. The van der Waals surface area contributed by atoms with E-state index in [0.29, 0.717) is 0 Å². The van der Waals surface area contributed by atoms with Crippen LogP contribution in [-0.2, 0) is 0 Å². The molecule has 0 atom stereocenters. The fourth-order valence-electron chi connectivity index (χ4n) is 1.16. The van der Waals surface area contributed by atoms with Crippen LogP contribution in [0.15, 0.2) is 19.4 Å². The van der Waals surface area contributed by atoms with Crippen molar-refractivity contribution in [2.45, 2.75) is 27.7 Å². The Morgan fingerprint density at radius 2 is 1.71 bits per heavy atom. The minimum atomic E-state index is 0.910. The molecule has 1 heterocycles. The van der Waals surface area contributed by atoms with Gasteiger partial charge in [-0.05, 0) is 31.1 Å². The highest BCUT2D eigenvalue weighted by Crippen LogP contribution is 2.17. The van der Waals surface area contributed by atoms with Crippen LogP contribution in [0.2, 0.25) is 0 Å². The molecular formula is C13H19N. The van der Waals surface area contributed by atoms with E-state index in [1.807, 2.05) is 33.0 Å². The lowest BCUT2D eigenvalue weighted by Gasteiger charge is -2.06. The SMILES string of the molecule is C=Cc1ncc(C)c(C)c1C=C.CC. The van der Waals surface area contributed by atoms with E-state index in [-0.39, 0.29) is 0 Å². The van der Waals surface area contributed by atoms with Crippen molar-refractivity contribution in [2.75, 3.05) is 0 Å². The number of aromatic nitrogens is 1. The average Bonchev–Trinajstić information content (AvgIpc) is 2.24. The first kappa shape index (κ1) is 12.6. The Balaban J connectivity index is 0.000000791. The molecule has 1 nitrogen and oxygen atoms in total. The molecule has 0 aliphatic rings. The predicted molar refractivity (Wildman–Crippen MR) is 65.2 cm³/mol. The van der Waals surface area contributed by atoms with Gasteiger partial charge in [0.2, 0.25) is 0 Å². The molecule has 1 aromatic heterocycles. The third-order valence-corrected chi connectivity index (χ3v) is 2.07. The molecule has 1 aromatic rings. The molecule has 76 valence electrons. The second kappa shape index (κ2) is 6.14. The summed E-state index contributed by atoms with van der Waals surface area (Å²) in [5.41, 5.74) is 4.42. The number of rotatable bonds is 2. The molecule has 0 saturated heterocycles. The first-order chi connectivity index (χ1) is 6.70. The van der Waals surface area contributed by atoms with Crippen LogP contribution in [0.5, 0.6) is 0 Å². The standard InChI is InChI=1S/C11H13N.C2H6/c1-5-10-9(4)8(3)7-12-11(10)6-2;1-2/h5-7H,1-2H2,3-4H3;1-2H3. The molecule has 14 heavy (non-hydrogen) atoms. The van der Waals surface area contributed by atoms with Crippen molar-refractivity contribution in [2.24, 2.45) is 0 Å². The summed E-state index contributed by atoms with van der Waals surface area (Å²) in [6.07, 6.45) is 5.44. The molecule has 1 heteroatoms. The third kappa shape index (κ3) is 2.56. The van der Waals surface area contributed by atoms with Gasteiger partial charge in [0.25, 0.3) is 0 Å². The molecule has 0 unspecified atom stereocenters. The highest BCUT2D eigenvalue weighted by Gasteiger charge is 2.02. The van der Waals surface area contributed by atoms with Crippen LogP contribution in [0.3, 0.4) is 0 Å². The topological polar surface area (TPSA) is 12.9 Å². The Bertz CT molecular complexity index is 324. The number of hydrogen-bond donors (Lipinski definition) is 0. The summed E-state index contributed by atoms with van der Waals surface area (Å²) in [6.45, 7) is 15.6. The second-order valence-electron chi connectivity index (χ2n) is 2.77. The van der Waals surface area contributed by atoms with Crippen LogP contribution in [0.4, 0.5) is 0 Å². The monoisotopic (exact) mass is 189 g/mol. The zero-order valence-corrected chi connectivity index (χ0v) is 9.59. The van der Waals surface area contributed by atoms with Crippen molar-refractivity contribution in [3.05, 3.63) is 41.7 Å². The van der Waals surface area contributed by atoms with Crippen molar-refractivity contribution >= 4 is 12.2 Å². The lowest BCUT2D eigenvalue weighted by atomic mass is 10.0. The molecule has 1 rings (SSSR count). The van der Waals surface area contributed by atoms with E-state index in [1.54, 1.807) is 6.08 Å². The fourth-order valence-corrected chi connectivity index (χ4v) is 1.16. The van der Waals surface area contributed by atoms with Crippen molar-refractivity contribution < 1.29 is 0 Å². The summed E-state index contributed by atoms with van der Waals surface area (Å²) in [4.78, 5) is 4.24. The van der Waals surface area contributed by atoms with E-state index in [2.05, 4.69) is 25.1 Å². The molecule has 0 amide bonds. The summed E-state index contributed by atoms with van der Waals surface area (Å²) in [7, 11) is 0. The summed E-state index contributed by atoms with van der Waals surface area (Å²) < 4.78 is 0. The molecule has 0 saturated carbocycles. The molecule has 0 aliphatic carbocycles. The molecule has 0 N–H and O–H groups in total. The predicted octanol–water partition coefficient (Wildman–Crippen LogP) is 4.01. The molecule has 0 radical (unpaired) electrons. The third-order valence-electron chi connectivity index (χ3n) is 2.07. The van der Waals surface area contributed by atoms with Crippen LogP contribution in [0.25, 0.3) is 12.2 Å². The van der Waals surface area contributed by atoms with Gasteiger partial charge in [-0.25, -0.2) is 0 Å². The smallest absolute Gasteiger partial charge is 0.0698 e. The molecule has 0 spiro atoms. The maximum absolute atomic E-state index is 4.24. The molecule has 0 fully saturated rings. The van der Waals surface area contributed by atoms with Gasteiger partial charge in [-0.3, -0.25) is 4.98 Å². The van der Waals surface area contributed by atoms with E-state index in [9.17, 15) is 0 Å². The summed E-state index contributed by atoms with van der Waals surface area (Å²) in [5.74, 6) is 0. The maximum atomic E-state index is 4.24. The van der Waals surface area contributed by atoms with Gasteiger partial charge in [-0.1, -0.05) is 33.1 Å². The van der Waals surface area contributed by atoms with Crippen LogP contribution in [0.1, 0.15) is 36.2 Å². The van der Waals surface area contributed by atoms with Gasteiger partial charge in [-0.2, -0.15) is 0 Å². The van der Waals surface area contributed by atoms with Crippen molar-refractivity contribution in [1.29, 1.82) is 0 Å². The van der Waals surface area contributed by atoms with Crippen molar-refractivity contribution in [3.63, 3.8) is 0 Å². The van der Waals surface area contributed by atoms with E-state index in [0.717, 1.165) is 11.3 Å². The molecule has 0 bridgehead atoms. The molecule has 0 aliphatic heterocycles. The van der Waals surface area contributed by atoms with Crippen LogP contribution >= 0.6 is 0 Å². The highest BCUT2D eigenvalue weighted by molar-refractivity contribution is 5.64. The van der Waals surface area contributed by atoms with E-state index >= 15 is 0 Å². The zero-order chi connectivity index (χ0) is 11.1. The largest absolute Gasteiger partial charge is 0.256 e. The molecule has 0 aromatic carbocycles. The van der Waals surface area contributed by atoms with Gasteiger partial charge >= 0.3 is 0 Å². The number of hydrogen-bond acceptors (Lipinski definition) is 1. The Labute approximate surface area is 87.2 Å². The first-order valence-corrected chi connectivity index (χ1v) is 4.91. The number of aryl methyl sites for hydroxylation is 1. The van der Waals surface area contributed by atoms with Crippen molar-refractivity contribution in [1.82, 2.24) is 4.98 Å². The van der Waals surface area contributed by atoms with Gasteiger partial charge in [0.05, 0.1) is 5.69 Å². The van der Waals surface area contributed by atoms with E-state index < -0.39 is 0 Å². The van der Waals surface area contributed by atoms with E-state index in [4.69, 9.17) is 0 Å². The molecular weight excluding hydrogens is 170 g/mol. The quantitative estimate of drug-likeness (QED) is 0.685. The minimum Gasteiger partial charge on any atom is -0.256 e. The summed E-state index contributed by atoms with van der Waals surface area (Å²) >= 11 is 0. The number of nitrogens with zero attached hydrogens (tertiary/aromatic N) is 1. The van der Waals surface area contributed by atoms with Gasteiger partial charge in [0.15, 0.2) is 0 Å². The normalized spacial score (nSPS) is 8.57. The van der Waals surface area contributed by atoms with Gasteiger partial charge in [0, 0.05) is 11.8 Å². The van der Waals surface area contributed by atoms with Gasteiger partial charge < -0.3 is 0 Å². The lowest BCUT2D eigenvalue weighted by Crippen LogP contribution is -1.93. The van der Waals surface area contributed by atoms with Crippen molar-refractivity contribution in [3.8, 4) is 0 Å². The second-order valence-corrected chi connectivity index (χ2v) is 2.77. The van der Waals surface area contributed by atoms with Crippen LogP contribution in [0, 0.1) is 13.8 Å². The zero-order valence-electron chi connectivity index (χ0n) is 9.59. The Kier molecular flexibility index (Phi) is 5.54.